The third kappa shape index (κ3) is 4.75. The highest BCUT2D eigenvalue weighted by molar-refractivity contribution is 8.00. The van der Waals surface area contributed by atoms with Crippen LogP contribution in [-0.4, -0.2) is 43.4 Å². The molecule has 0 bridgehead atoms. The van der Waals surface area contributed by atoms with Crippen LogP contribution in [0.5, 0.6) is 17.2 Å². The van der Waals surface area contributed by atoms with E-state index in [-0.39, 0.29) is 34.0 Å². The minimum absolute atomic E-state index is 0.00269. The maximum absolute atomic E-state index is 13.3. The zero-order chi connectivity index (χ0) is 28.3. The van der Waals surface area contributed by atoms with E-state index in [9.17, 15) is 20.1 Å². The number of hydrogen-bond acceptors (Lipinski definition) is 11. The zero-order valence-corrected chi connectivity index (χ0v) is 21.8. The van der Waals surface area contributed by atoms with E-state index in [1.807, 2.05) is 12.1 Å². The summed E-state index contributed by atoms with van der Waals surface area (Å²) in [6.07, 6.45) is -0.143. The Balaban J connectivity index is 1.80. The van der Waals surface area contributed by atoms with Gasteiger partial charge in [-0.25, -0.2) is 9.88 Å². The Kier molecular flexibility index (Phi) is 7.57. The van der Waals surface area contributed by atoms with Crippen LogP contribution >= 0.6 is 11.8 Å². The van der Waals surface area contributed by atoms with Crippen molar-refractivity contribution >= 4 is 35.1 Å². The molecule has 12 heteroatoms. The highest BCUT2D eigenvalue weighted by Crippen LogP contribution is 2.45. The molecule has 1 atom stereocenters. The maximum atomic E-state index is 13.3. The number of anilines is 2. The molecule has 1 fully saturated rings. The summed E-state index contributed by atoms with van der Waals surface area (Å²) in [5, 5.41) is 28.3. The predicted molar refractivity (Wildman–Crippen MR) is 141 cm³/mol. The van der Waals surface area contributed by atoms with E-state index < -0.39 is 17.1 Å². The Bertz CT molecular complexity index is 1590. The molecule has 1 aromatic heterocycles. The smallest absolute Gasteiger partial charge is 0.247 e. The molecule has 2 N–H and O–H groups in total. The van der Waals surface area contributed by atoms with Crippen LogP contribution in [0.4, 0.5) is 11.5 Å². The standard InChI is InChI=1S/C27H20N6O5S/c1-36-19-8-15(9-20(37-2)24(19)38-3)23-17(12-29)25(31)32-26(18(23)13-30)39-21-10-22(34)33(27(21)35)16-6-4-14(11-28)5-7-16/h4-9,21H,10H2,1-3H3,(H2,31,32). The van der Waals surface area contributed by atoms with Crippen molar-refractivity contribution in [3.8, 4) is 46.6 Å². The van der Waals surface area contributed by atoms with Crippen molar-refractivity contribution in [2.75, 3.05) is 32.0 Å². The number of aromatic nitrogens is 1. The molecule has 1 aliphatic heterocycles. The van der Waals surface area contributed by atoms with E-state index in [1.54, 1.807) is 12.1 Å². The number of nitriles is 3. The van der Waals surface area contributed by atoms with Crippen LogP contribution in [-0.2, 0) is 9.59 Å². The first-order valence-corrected chi connectivity index (χ1v) is 12.2. The Morgan fingerprint density at radius 3 is 2.08 bits per heavy atom. The summed E-state index contributed by atoms with van der Waals surface area (Å²) < 4.78 is 16.2. The van der Waals surface area contributed by atoms with Gasteiger partial charge in [-0.3, -0.25) is 9.59 Å². The zero-order valence-electron chi connectivity index (χ0n) is 21.0. The molecule has 2 aromatic carbocycles. The summed E-state index contributed by atoms with van der Waals surface area (Å²) in [5.74, 6) is -0.193. The van der Waals surface area contributed by atoms with E-state index in [0.29, 0.717) is 34.1 Å². The van der Waals surface area contributed by atoms with Gasteiger partial charge >= 0.3 is 0 Å². The van der Waals surface area contributed by atoms with Gasteiger partial charge in [0.1, 0.15) is 28.5 Å². The first kappa shape index (κ1) is 26.8. The van der Waals surface area contributed by atoms with Crippen molar-refractivity contribution in [1.82, 2.24) is 4.98 Å². The van der Waals surface area contributed by atoms with Crippen LogP contribution in [0.3, 0.4) is 0 Å². The average Bonchev–Trinajstić information content (AvgIpc) is 3.23. The first-order valence-electron chi connectivity index (χ1n) is 11.3. The SMILES string of the molecule is COc1cc(-c2c(C#N)c(N)nc(SC3CC(=O)N(c4ccc(C#N)cc4)C3=O)c2C#N)cc(OC)c1OC. The van der Waals surface area contributed by atoms with Gasteiger partial charge in [0.25, 0.3) is 0 Å². The molecule has 0 spiro atoms. The molecule has 0 aliphatic carbocycles. The monoisotopic (exact) mass is 540 g/mol. The number of hydrogen-bond donors (Lipinski definition) is 1. The summed E-state index contributed by atoms with van der Waals surface area (Å²) in [6.45, 7) is 0. The molecule has 4 rings (SSSR count). The second kappa shape index (κ2) is 11.0. The molecule has 194 valence electrons. The summed E-state index contributed by atoms with van der Waals surface area (Å²) >= 11 is 0.915. The van der Waals surface area contributed by atoms with Crippen LogP contribution < -0.4 is 24.8 Å². The van der Waals surface area contributed by atoms with Crippen LogP contribution in [0.15, 0.2) is 41.4 Å². The normalized spacial score (nSPS) is 14.4. The first-order chi connectivity index (χ1) is 18.8. The van der Waals surface area contributed by atoms with Gasteiger partial charge in [-0.2, -0.15) is 15.8 Å². The summed E-state index contributed by atoms with van der Waals surface area (Å²) in [5.41, 5.74) is 7.37. The van der Waals surface area contributed by atoms with Crippen molar-refractivity contribution in [3.05, 3.63) is 53.1 Å². The topological polar surface area (TPSA) is 175 Å². The quantitative estimate of drug-likeness (QED) is 0.435. The van der Waals surface area contributed by atoms with Crippen LogP contribution in [0, 0.1) is 34.0 Å². The minimum Gasteiger partial charge on any atom is -0.493 e. The van der Waals surface area contributed by atoms with E-state index in [4.69, 9.17) is 25.2 Å². The van der Waals surface area contributed by atoms with Gasteiger partial charge in [-0.05, 0) is 42.0 Å². The highest BCUT2D eigenvalue weighted by Gasteiger charge is 2.41. The number of rotatable bonds is 7. The fourth-order valence-electron chi connectivity index (χ4n) is 4.18. The lowest BCUT2D eigenvalue weighted by atomic mass is 9.96. The molecule has 2 amide bonds. The van der Waals surface area contributed by atoms with Crippen LogP contribution in [0.1, 0.15) is 23.1 Å². The lowest BCUT2D eigenvalue weighted by Gasteiger charge is -2.18. The van der Waals surface area contributed by atoms with Gasteiger partial charge in [0.05, 0.1) is 49.5 Å². The van der Waals surface area contributed by atoms with Crippen LogP contribution in [0.2, 0.25) is 0 Å². The number of pyridine rings is 1. The molecule has 39 heavy (non-hydrogen) atoms. The number of carbonyl (C=O) groups is 2. The third-order valence-electron chi connectivity index (χ3n) is 5.98. The fraction of sp³-hybridized carbons (Fsp3) is 0.185. The largest absolute Gasteiger partial charge is 0.493 e. The maximum Gasteiger partial charge on any atom is 0.247 e. The number of imide groups is 1. The second-order valence-electron chi connectivity index (χ2n) is 8.10. The van der Waals surface area contributed by atoms with Gasteiger partial charge in [-0.15, -0.1) is 0 Å². The molecule has 1 unspecified atom stereocenters. The second-order valence-corrected chi connectivity index (χ2v) is 9.29. The Labute approximate surface area is 227 Å². The van der Waals surface area contributed by atoms with Gasteiger partial charge in [-0.1, -0.05) is 11.8 Å². The number of thioether (sulfide) groups is 1. The van der Waals surface area contributed by atoms with E-state index in [0.717, 1.165) is 16.7 Å². The number of methoxy groups -OCH3 is 3. The molecule has 1 saturated heterocycles. The molecular weight excluding hydrogens is 520 g/mol. The number of amides is 2. The number of carbonyl (C=O) groups excluding carboxylic acids is 2. The summed E-state index contributed by atoms with van der Waals surface area (Å²) in [7, 11) is 4.31. The lowest BCUT2D eigenvalue weighted by Crippen LogP contribution is -2.31. The molecule has 3 aromatic rings. The number of nitrogens with two attached hydrogens (primary N) is 1. The molecule has 1 aliphatic rings. The number of benzene rings is 2. The van der Waals surface area contributed by atoms with Crippen LogP contribution in [0.25, 0.3) is 11.1 Å². The average molecular weight is 541 g/mol. The molecule has 11 nitrogen and oxygen atoms in total. The number of ether oxygens (including phenoxy) is 3. The fourth-order valence-corrected chi connectivity index (χ4v) is 5.30. The third-order valence-corrected chi connectivity index (χ3v) is 7.15. The van der Waals surface area contributed by atoms with Crippen molar-refractivity contribution in [1.29, 1.82) is 15.8 Å². The minimum atomic E-state index is -0.895. The van der Waals surface area contributed by atoms with Crippen molar-refractivity contribution < 1.29 is 23.8 Å². The van der Waals surface area contributed by atoms with Gasteiger partial charge in [0, 0.05) is 12.0 Å². The van der Waals surface area contributed by atoms with Gasteiger partial charge in [0.2, 0.25) is 17.6 Å². The predicted octanol–water partition coefficient (Wildman–Crippen LogP) is 3.40. The van der Waals surface area contributed by atoms with Crippen molar-refractivity contribution in [3.63, 3.8) is 0 Å². The Morgan fingerprint density at radius 1 is 0.949 bits per heavy atom. The molecular formula is C27H20N6O5S. The lowest BCUT2D eigenvalue weighted by molar-refractivity contribution is -0.121. The number of nitrogens with zero attached hydrogens (tertiary/aromatic N) is 5. The summed E-state index contributed by atoms with van der Waals surface area (Å²) in [6, 6.07) is 15.3. The number of nitrogen functional groups attached to an aromatic ring is 1. The molecule has 0 radical (unpaired) electrons. The van der Waals surface area contributed by atoms with Gasteiger partial charge in [0.15, 0.2) is 11.5 Å². The summed E-state index contributed by atoms with van der Waals surface area (Å²) in [4.78, 5) is 31.3. The molecule has 2 heterocycles. The van der Waals surface area contributed by atoms with Gasteiger partial charge < -0.3 is 19.9 Å². The molecule has 0 saturated carbocycles. The Morgan fingerprint density at radius 2 is 1.56 bits per heavy atom. The highest BCUT2D eigenvalue weighted by atomic mass is 32.2. The van der Waals surface area contributed by atoms with E-state index >= 15 is 0 Å². The van der Waals surface area contributed by atoms with Crippen molar-refractivity contribution in [2.24, 2.45) is 0 Å². The Hall–Kier alpha value is -5.25. The van der Waals surface area contributed by atoms with E-state index in [1.165, 1.54) is 45.6 Å². The van der Waals surface area contributed by atoms with E-state index in [2.05, 4.69) is 11.1 Å². The van der Waals surface area contributed by atoms with Crippen molar-refractivity contribution in [2.45, 2.75) is 16.7 Å².